The van der Waals surface area contributed by atoms with Gasteiger partial charge in [-0.05, 0) is 42.9 Å². The van der Waals surface area contributed by atoms with Crippen molar-refractivity contribution >= 4 is 11.8 Å². The van der Waals surface area contributed by atoms with Crippen LogP contribution in [0.25, 0.3) is 11.1 Å². The van der Waals surface area contributed by atoms with Gasteiger partial charge < -0.3 is 10.0 Å². The van der Waals surface area contributed by atoms with E-state index in [1.807, 2.05) is 37.3 Å². The molecule has 1 saturated heterocycles. The molecule has 1 aromatic carbocycles. The van der Waals surface area contributed by atoms with E-state index < -0.39 is 5.97 Å². The van der Waals surface area contributed by atoms with Crippen molar-refractivity contribution in [2.75, 3.05) is 18.0 Å². The van der Waals surface area contributed by atoms with E-state index in [9.17, 15) is 9.90 Å². The van der Waals surface area contributed by atoms with Crippen LogP contribution in [0.1, 0.15) is 54.2 Å². The molecule has 126 valence electrons. The van der Waals surface area contributed by atoms with Gasteiger partial charge in [-0.2, -0.15) is 0 Å². The Morgan fingerprint density at radius 1 is 1.17 bits per heavy atom. The number of aromatic nitrogens is 1. The van der Waals surface area contributed by atoms with E-state index in [0.29, 0.717) is 11.4 Å². The summed E-state index contributed by atoms with van der Waals surface area (Å²) in [6, 6.07) is 9.90. The lowest BCUT2D eigenvalue weighted by Gasteiger charge is -2.23. The molecule has 0 unspecified atom stereocenters. The molecule has 0 atom stereocenters. The van der Waals surface area contributed by atoms with Crippen LogP contribution < -0.4 is 4.90 Å². The number of carboxylic acids is 1. The van der Waals surface area contributed by atoms with Crippen molar-refractivity contribution in [2.24, 2.45) is 0 Å². The molecule has 1 aromatic heterocycles. The largest absolute Gasteiger partial charge is 0.478 e. The van der Waals surface area contributed by atoms with Crippen LogP contribution in [0, 0.1) is 6.92 Å². The zero-order valence-electron chi connectivity index (χ0n) is 14.5. The van der Waals surface area contributed by atoms with E-state index in [2.05, 4.69) is 18.7 Å². The Kier molecular flexibility index (Phi) is 4.56. The van der Waals surface area contributed by atoms with E-state index in [1.165, 1.54) is 0 Å². The third kappa shape index (κ3) is 3.01. The van der Waals surface area contributed by atoms with E-state index >= 15 is 0 Å². The summed E-state index contributed by atoms with van der Waals surface area (Å²) < 4.78 is 0. The number of anilines is 1. The number of hydrogen-bond acceptors (Lipinski definition) is 3. The summed E-state index contributed by atoms with van der Waals surface area (Å²) in [4.78, 5) is 19.0. The van der Waals surface area contributed by atoms with Gasteiger partial charge in [0, 0.05) is 24.3 Å². The monoisotopic (exact) mass is 324 g/mol. The molecular weight excluding hydrogens is 300 g/mol. The van der Waals surface area contributed by atoms with Crippen molar-refractivity contribution in [1.29, 1.82) is 0 Å². The lowest BCUT2D eigenvalue weighted by atomic mass is 9.94. The maximum Gasteiger partial charge on any atom is 0.340 e. The van der Waals surface area contributed by atoms with Crippen LogP contribution in [0.3, 0.4) is 0 Å². The fourth-order valence-corrected chi connectivity index (χ4v) is 3.30. The van der Waals surface area contributed by atoms with Crippen LogP contribution in [-0.4, -0.2) is 29.1 Å². The van der Waals surface area contributed by atoms with Gasteiger partial charge in [-0.25, -0.2) is 9.78 Å². The summed E-state index contributed by atoms with van der Waals surface area (Å²) in [7, 11) is 0. The first-order chi connectivity index (χ1) is 11.5. The quantitative estimate of drug-likeness (QED) is 0.901. The number of hydrogen-bond donors (Lipinski definition) is 1. The van der Waals surface area contributed by atoms with Gasteiger partial charge in [-0.3, -0.25) is 0 Å². The van der Waals surface area contributed by atoms with E-state index in [1.54, 1.807) is 0 Å². The first kappa shape index (κ1) is 16.5. The molecule has 1 aliphatic heterocycles. The SMILES string of the molecule is Cc1ccccc1-c1cc(C(C)C)nc(N2CCCC2)c1C(=O)O. The Bertz CT molecular complexity index is 762. The molecule has 0 radical (unpaired) electrons. The normalized spacial score (nSPS) is 14.4. The Balaban J connectivity index is 2.29. The predicted molar refractivity (Wildman–Crippen MR) is 96.9 cm³/mol. The fourth-order valence-electron chi connectivity index (χ4n) is 3.30. The van der Waals surface area contributed by atoms with Gasteiger partial charge in [0.2, 0.25) is 0 Å². The lowest BCUT2D eigenvalue weighted by Crippen LogP contribution is -2.23. The van der Waals surface area contributed by atoms with Crippen LogP contribution in [0.2, 0.25) is 0 Å². The highest BCUT2D eigenvalue weighted by Gasteiger charge is 2.26. The van der Waals surface area contributed by atoms with Crippen LogP contribution in [0.4, 0.5) is 5.82 Å². The molecule has 0 spiro atoms. The molecule has 24 heavy (non-hydrogen) atoms. The van der Waals surface area contributed by atoms with Crippen LogP contribution in [0.15, 0.2) is 30.3 Å². The molecule has 0 amide bonds. The molecule has 1 N–H and O–H groups in total. The minimum atomic E-state index is -0.905. The second-order valence-corrected chi connectivity index (χ2v) is 6.76. The molecule has 3 rings (SSSR count). The van der Waals surface area contributed by atoms with Crippen molar-refractivity contribution in [3.05, 3.63) is 47.2 Å². The minimum absolute atomic E-state index is 0.247. The maximum atomic E-state index is 12.1. The van der Waals surface area contributed by atoms with Gasteiger partial charge in [-0.15, -0.1) is 0 Å². The van der Waals surface area contributed by atoms with Crippen molar-refractivity contribution in [2.45, 2.75) is 39.5 Å². The average Bonchev–Trinajstić information content (AvgIpc) is 3.08. The number of pyridine rings is 1. The van der Waals surface area contributed by atoms with Crippen LogP contribution >= 0.6 is 0 Å². The first-order valence-corrected chi connectivity index (χ1v) is 8.58. The number of aryl methyl sites for hydroxylation is 1. The second kappa shape index (κ2) is 6.63. The zero-order valence-corrected chi connectivity index (χ0v) is 14.5. The number of rotatable bonds is 4. The fraction of sp³-hybridized carbons (Fsp3) is 0.400. The summed E-state index contributed by atoms with van der Waals surface area (Å²) in [5.74, 6) is -0.0284. The molecule has 0 aliphatic carbocycles. The van der Waals surface area contributed by atoms with Gasteiger partial charge in [0.25, 0.3) is 0 Å². The third-order valence-corrected chi connectivity index (χ3v) is 4.67. The lowest BCUT2D eigenvalue weighted by molar-refractivity contribution is 0.0698. The van der Waals surface area contributed by atoms with Gasteiger partial charge in [0.05, 0.1) is 0 Å². The molecule has 2 heterocycles. The summed E-state index contributed by atoms with van der Waals surface area (Å²) in [6.45, 7) is 7.96. The Hall–Kier alpha value is -2.36. The molecule has 4 heteroatoms. The number of aromatic carboxylic acids is 1. The summed E-state index contributed by atoms with van der Waals surface area (Å²) in [6.07, 6.45) is 2.18. The van der Waals surface area contributed by atoms with Crippen molar-refractivity contribution in [3.63, 3.8) is 0 Å². The Morgan fingerprint density at radius 3 is 2.42 bits per heavy atom. The van der Waals surface area contributed by atoms with Crippen molar-refractivity contribution in [3.8, 4) is 11.1 Å². The van der Waals surface area contributed by atoms with Crippen molar-refractivity contribution < 1.29 is 9.90 Å². The number of nitrogens with zero attached hydrogens (tertiary/aromatic N) is 2. The molecule has 1 aliphatic rings. The van der Waals surface area contributed by atoms with Gasteiger partial charge in [0.1, 0.15) is 11.4 Å². The summed E-state index contributed by atoms with van der Waals surface area (Å²) in [5.41, 5.74) is 4.10. The topological polar surface area (TPSA) is 53.4 Å². The molecule has 4 nitrogen and oxygen atoms in total. The standard InChI is InChI=1S/C20H24N2O2/c1-13(2)17-12-16(15-9-5-4-8-14(15)3)18(20(23)24)19(21-17)22-10-6-7-11-22/h4-5,8-9,12-13H,6-7,10-11H2,1-3H3,(H,23,24). The van der Waals surface area contributed by atoms with Gasteiger partial charge >= 0.3 is 5.97 Å². The molecule has 2 aromatic rings. The number of carbonyl (C=O) groups is 1. The summed E-state index contributed by atoms with van der Waals surface area (Å²) >= 11 is 0. The maximum absolute atomic E-state index is 12.1. The van der Waals surface area contributed by atoms with Crippen LogP contribution in [-0.2, 0) is 0 Å². The summed E-state index contributed by atoms with van der Waals surface area (Å²) in [5, 5.41) is 9.92. The zero-order chi connectivity index (χ0) is 17.3. The second-order valence-electron chi connectivity index (χ2n) is 6.76. The van der Waals surface area contributed by atoms with Gasteiger partial charge in [-0.1, -0.05) is 38.1 Å². The predicted octanol–water partition coefficient (Wildman–Crippen LogP) is 4.48. The molecule has 0 saturated carbocycles. The smallest absolute Gasteiger partial charge is 0.340 e. The average molecular weight is 324 g/mol. The number of carboxylic acid groups (broad SMARTS) is 1. The number of benzene rings is 1. The Labute approximate surface area is 143 Å². The van der Waals surface area contributed by atoms with E-state index in [4.69, 9.17) is 4.98 Å². The molecular formula is C20H24N2O2. The van der Waals surface area contributed by atoms with E-state index in [0.717, 1.165) is 48.3 Å². The van der Waals surface area contributed by atoms with E-state index in [-0.39, 0.29) is 5.92 Å². The Morgan fingerprint density at radius 2 is 1.83 bits per heavy atom. The molecule has 0 bridgehead atoms. The minimum Gasteiger partial charge on any atom is -0.478 e. The van der Waals surface area contributed by atoms with Crippen LogP contribution in [0.5, 0.6) is 0 Å². The molecule has 1 fully saturated rings. The highest BCUT2D eigenvalue weighted by Crippen LogP contribution is 2.35. The highest BCUT2D eigenvalue weighted by molar-refractivity contribution is 6.01. The van der Waals surface area contributed by atoms with Gasteiger partial charge in [0.15, 0.2) is 0 Å². The first-order valence-electron chi connectivity index (χ1n) is 8.58. The highest BCUT2D eigenvalue weighted by atomic mass is 16.4. The third-order valence-electron chi connectivity index (χ3n) is 4.67. The van der Waals surface area contributed by atoms with Crippen molar-refractivity contribution in [1.82, 2.24) is 4.98 Å².